The smallest absolute Gasteiger partial charge is 0.264 e. The molecule has 0 unspecified atom stereocenters. The highest BCUT2D eigenvalue weighted by Crippen LogP contribution is 2.22. The number of carbonyl (C=O) groups excluding carboxylic acids is 1. The van der Waals surface area contributed by atoms with Crippen LogP contribution in [-0.2, 0) is 11.4 Å². The number of oxime groups is 1. The first-order chi connectivity index (χ1) is 14.1. The Morgan fingerprint density at radius 3 is 2.76 bits per heavy atom. The molecule has 29 heavy (non-hydrogen) atoms. The predicted molar refractivity (Wildman–Crippen MR) is 108 cm³/mol. The minimum absolute atomic E-state index is 0.160. The van der Waals surface area contributed by atoms with Crippen molar-refractivity contribution in [1.82, 2.24) is 4.90 Å². The second-order valence-electron chi connectivity index (χ2n) is 6.74. The van der Waals surface area contributed by atoms with Gasteiger partial charge in [0.25, 0.3) is 5.91 Å². The Morgan fingerprint density at radius 2 is 2.00 bits per heavy atom. The van der Waals surface area contributed by atoms with Gasteiger partial charge in [0, 0.05) is 18.5 Å². The van der Waals surface area contributed by atoms with Gasteiger partial charge in [-0.15, -0.1) is 11.3 Å². The summed E-state index contributed by atoms with van der Waals surface area (Å²) < 4.78 is 27.6. The van der Waals surface area contributed by atoms with E-state index < -0.39 is 6.10 Å². The van der Waals surface area contributed by atoms with Gasteiger partial charge in [0.05, 0.1) is 17.1 Å². The number of thiophene rings is 1. The zero-order valence-corrected chi connectivity index (χ0v) is 16.2. The first-order valence-electron chi connectivity index (χ1n) is 9.15. The topological polar surface area (TPSA) is 41.9 Å². The van der Waals surface area contributed by atoms with Crippen molar-refractivity contribution in [2.45, 2.75) is 19.1 Å². The molecule has 1 aliphatic heterocycles. The van der Waals surface area contributed by atoms with Crippen LogP contribution in [0.3, 0.4) is 0 Å². The van der Waals surface area contributed by atoms with Crippen molar-refractivity contribution in [3.05, 3.63) is 93.7 Å². The molecule has 2 heterocycles. The number of hydrogen-bond acceptors (Lipinski definition) is 4. The summed E-state index contributed by atoms with van der Waals surface area (Å²) in [5.74, 6) is -0.873. The summed E-state index contributed by atoms with van der Waals surface area (Å²) in [7, 11) is 0. The largest absolute Gasteiger partial charge is 0.390 e. The van der Waals surface area contributed by atoms with E-state index in [1.165, 1.54) is 29.5 Å². The lowest BCUT2D eigenvalue weighted by Gasteiger charge is -2.24. The number of carbonyl (C=O) groups is 1. The Labute approximate surface area is 171 Å². The molecule has 1 aliphatic rings. The molecule has 4 rings (SSSR count). The lowest BCUT2D eigenvalue weighted by molar-refractivity contribution is 0.0408. The summed E-state index contributed by atoms with van der Waals surface area (Å²) in [6.07, 6.45) is -0.0136. The van der Waals surface area contributed by atoms with Gasteiger partial charge in [-0.25, -0.2) is 8.78 Å². The predicted octanol–water partition coefficient (Wildman–Crippen LogP) is 4.86. The minimum atomic E-state index is -0.401. The third-order valence-electron chi connectivity index (χ3n) is 4.62. The number of benzene rings is 2. The van der Waals surface area contributed by atoms with E-state index >= 15 is 0 Å². The van der Waals surface area contributed by atoms with Crippen molar-refractivity contribution in [2.75, 3.05) is 6.54 Å². The zero-order valence-electron chi connectivity index (χ0n) is 15.4. The molecule has 0 bridgehead atoms. The van der Waals surface area contributed by atoms with Crippen LogP contribution in [0.5, 0.6) is 0 Å². The average molecular weight is 412 g/mol. The number of rotatable bonds is 6. The standard InChI is InChI=1S/C22H18F2N2O2S/c23-16-6-3-5-15(11-16)13-26(22(27)21-9-4-10-29-21)14-17-12-20(25-28-17)18-7-1-2-8-19(18)24/h1-11,17H,12-14H2/t17-/m0/s1. The molecule has 4 nitrogen and oxygen atoms in total. The molecule has 2 aromatic carbocycles. The van der Waals surface area contributed by atoms with Crippen LogP contribution in [0, 0.1) is 11.6 Å². The molecule has 3 aromatic rings. The highest BCUT2D eigenvalue weighted by Gasteiger charge is 2.28. The summed E-state index contributed by atoms with van der Waals surface area (Å²) >= 11 is 1.35. The summed E-state index contributed by atoms with van der Waals surface area (Å²) in [6, 6.07) is 16.1. The minimum Gasteiger partial charge on any atom is -0.390 e. The van der Waals surface area contributed by atoms with Gasteiger partial charge in [-0.05, 0) is 35.2 Å². The van der Waals surface area contributed by atoms with Crippen LogP contribution in [0.1, 0.15) is 27.2 Å². The number of hydrogen-bond donors (Lipinski definition) is 0. The lowest BCUT2D eigenvalue weighted by atomic mass is 10.0. The fourth-order valence-electron chi connectivity index (χ4n) is 3.26. The lowest BCUT2D eigenvalue weighted by Crippen LogP contribution is -2.37. The van der Waals surface area contributed by atoms with Gasteiger partial charge in [-0.3, -0.25) is 4.79 Å². The maximum absolute atomic E-state index is 14.0. The Bertz CT molecular complexity index is 1040. The van der Waals surface area contributed by atoms with Crippen molar-refractivity contribution in [1.29, 1.82) is 0 Å². The van der Waals surface area contributed by atoms with Gasteiger partial charge >= 0.3 is 0 Å². The fraction of sp³-hybridized carbons (Fsp3) is 0.182. The summed E-state index contributed by atoms with van der Waals surface area (Å²) in [5.41, 5.74) is 1.60. The highest BCUT2D eigenvalue weighted by molar-refractivity contribution is 7.12. The Kier molecular flexibility index (Phi) is 5.67. The molecule has 0 radical (unpaired) electrons. The van der Waals surface area contributed by atoms with Crippen molar-refractivity contribution in [3.8, 4) is 0 Å². The molecule has 0 saturated heterocycles. The molecule has 1 amide bonds. The Morgan fingerprint density at radius 1 is 1.14 bits per heavy atom. The molecule has 0 saturated carbocycles. The van der Waals surface area contributed by atoms with Crippen LogP contribution < -0.4 is 0 Å². The first kappa shape index (κ1) is 19.3. The average Bonchev–Trinajstić information content (AvgIpc) is 3.40. The van der Waals surface area contributed by atoms with E-state index in [4.69, 9.17) is 4.84 Å². The van der Waals surface area contributed by atoms with E-state index in [1.807, 2.05) is 11.4 Å². The molecular formula is C22H18F2N2O2S. The number of nitrogens with zero attached hydrogens (tertiary/aromatic N) is 2. The summed E-state index contributed by atoms with van der Waals surface area (Å²) in [4.78, 5) is 20.7. The molecule has 0 fully saturated rings. The first-order valence-corrected chi connectivity index (χ1v) is 10.0. The van der Waals surface area contributed by atoms with Gasteiger partial charge in [-0.1, -0.05) is 41.6 Å². The molecule has 0 aliphatic carbocycles. The van der Waals surface area contributed by atoms with Crippen LogP contribution in [0.15, 0.2) is 71.2 Å². The van der Waals surface area contributed by atoms with E-state index in [0.717, 1.165) is 0 Å². The highest BCUT2D eigenvalue weighted by atomic mass is 32.1. The molecular weight excluding hydrogens is 394 g/mol. The van der Waals surface area contributed by atoms with Crippen LogP contribution in [-0.4, -0.2) is 29.2 Å². The second kappa shape index (κ2) is 8.53. The van der Waals surface area contributed by atoms with Crippen molar-refractivity contribution in [3.63, 3.8) is 0 Å². The molecule has 1 atom stereocenters. The van der Waals surface area contributed by atoms with E-state index in [1.54, 1.807) is 41.3 Å². The van der Waals surface area contributed by atoms with Crippen LogP contribution >= 0.6 is 11.3 Å². The van der Waals surface area contributed by atoms with E-state index in [9.17, 15) is 13.6 Å². The zero-order chi connectivity index (χ0) is 20.2. The van der Waals surface area contributed by atoms with Gasteiger partial charge < -0.3 is 9.74 Å². The Balaban J connectivity index is 1.50. The van der Waals surface area contributed by atoms with E-state index in [-0.39, 0.29) is 30.6 Å². The molecule has 7 heteroatoms. The maximum atomic E-state index is 14.0. The number of amides is 1. The third kappa shape index (κ3) is 4.51. The third-order valence-corrected chi connectivity index (χ3v) is 5.48. The SMILES string of the molecule is O=C(c1cccs1)N(Cc1cccc(F)c1)C[C@@H]1CC(c2ccccc2F)=NO1. The van der Waals surface area contributed by atoms with Gasteiger partial charge in [0.2, 0.25) is 0 Å². The quantitative estimate of drug-likeness (QED) is 0.580. The van der Waals surface area contributed by atoms with Crippen molar-refractivity contribution < 1.29 is 18.4 Å². The van der Waals surface area contributed by atoms with Crippen LogP contribution in [0.2, 0.25) is 0 Å². The monoisotopic (exact) mass is 412 g/mol. The fourth-order valence-corrected chi connectivity index (χ4v) is 3.95. The van der Waals surface area contributed by atoms with Crippen molar-refractivity contribution in [2.24, 2.45) is 5.16 Å². The molecule has 148 valence electrons. The van der Waals surface area contributed by atoms with Crippen LogP contribution in [0.4, 0.5) is 8.78 Å². The van der Waals surface area contributed by atoms with Gasteiger partial charge in [0.15, 0.2) is 6.10 Å². The van der Waals surface area contributed by atoms with Gasteiger partial charge in [-0.2, -0.15) is 0 Å². The molecule has 0 N–H and O–H groups in total. The normalized spacial score (nSPS) is 15.7. The Hall–Kier alpha value is -3.06. The molecule has 0 spiro atoms. The molecule has 1 aromatic heterocycles. The summed E-state index contributed by atoms with van der Waals surface area (Å²) in [6.45, 7) is 0.498. The summed E-state index contributed by atoms with van der Waals surface area (Å²) in [5, 5.41) is 5.86. The maximum Gasteiger partial charge on any atom is 0.264 e. The van der Waals surface area contributed by atoms with E-state index in [0.29, 0.717) is 28.1 Å². The van der Waals surface area contributed by atoms with Gasteiger partial charge in [0.1, 0.15) is 11.6 Å². The van der Waals surface area contributed by atoms with E-state index in [2.05, 4.69) is 5.16 Å². The van der Waals surface area contributed by atoms with Crippen molar-refractivity contribution >= 4 is 23.0 Å². The second-order valence-corrected chi connectivity index (χ2v) is 7.69. The van der Waals surface area contributed by atoms with Crippen LogP contribution in [0.25, 0.3) is 0 Å². The number of halogens is 2.